The van der Waals surface area contributed by atoms with E-state index in [4.69, 9.17) is 0 Å². The van der Waals surface area contributed by atoms with E-state index in [-0.39, 0.29) is 9.57 Å². The first-order valence-corrected chi connectivity index (χ1v) is 5.16. The summed E-state index contributed by atoms with van der Waals surface area (Å²) in [5.41, 5.74) is 1.25. The molecule has 14 heavy (non-hydrogen) atoms. The second kappa shape index (κ2) is 5.05. The van der Waals surface area contributed by atoms with Gasteiger partial charge in [0.05, 0.1) is 0 Å². The topological polar surface area (TPSA) is 34.1 Å². The molecule has 0 aliphatic rings. The largest absolute Gasteiger partial charge is 0.294 e. The number of allylic oxidation sites excluding steroid dienone is 2. The van der Waals surface area contributed by atoms with Crippen LogP contribution in [0.2, 0.25) is 0 Å². The van der Waals surface area contributed by atoms with Gasteiger partial charge in [-0.15, -0.1) is 0 Å². The molecule has 0 atom stereocenters. The summed E-state index contributed by atoms with van der Waals surface area (Å²) in [7, 11) is 0. The van der Waals surface area contributed by atoms with E-state index in [0.29, 0.717) is 5.57 Å². The smallest absolute Gasteiger partial charge is 0.215 e. The average molecular weight is 300 g/mol. The SMILES string of the molecule is CC(=O)/C(=C\C(=O)I)c1ccccc1. The normalized spacial score (nSPS) is 11.1. The fourth-order valence-electron chi connectivity index (χ4n) is 1.12. The Morgan fingerprint density at radius 3 is 2.21 bits per heavy atom. The lowest BCUT2D eigenvalue weighted by atomic mass is 10.0. The summed E-state index contributed by atoms with van der Waals surface area (Å²) in [4.78, 5) is 22.1. The lowest BCUT2D eigenvalue weighted by molar-refractivity contribution is -0.112. The summed E-state index contributed by atoms with van der Waals surface area (Å²) >= 11 is 1.65. The number of carbonyl (C=O) groups excluding carboxylic acids is 2. The maximum atomic E-state index is 11.3. The molecule has 72 valence electrons. The molecule has 0 saturated carbocycles. The van der Waals surface area contributed by atoms with Crippen LogP contribution in [-0.2, 0) is 9.59 Å². The molecule has 1 rings (SSSR count). The molecular weight excluding hydrogens is 291 g/mol. The summed E-state index contributed by atoms with van der Waals surface area (Å²) in [6.45, 7) is 1.46. The number of rotatable bonds is 3. The molecule has 0 heterocycles. The molecule has 0 amide bonds. The Bertz CT molecular complexity index is 380. The molecule has 0 radical (unpaired) electrons. The maximum absolute atomic E-state index is 11.3. The Balaban J connectivity index is 3.14. The molecule has 0 N–H and O–H groups in total. The lowest BCUT2D eigenvalue weighted by Gasteiger charge is -2.01. The molecule has 0 saturated heterocycles. The number of ketones is 1. The highest BCUT2D eigenvalue weighted by atomic mass is 127. The van der Waals surface area contributed by atoms with E-state index >= 15 is 0 Å². The van der Waals surface area contributed by atoms with Crippen molar-refractivity contribution in [3.63, 3.8) is 0 Å². The first kappa shape index (κ1) is 11.1. The van der Waals surface area contributed by atoms with Crippen LogP contribution in [0.25, 0.3) is 5.57 Å². The highest BCUT2D eigenvalue weighted by Gasteiger charge is 2.07. The van der Waals surface area contributed by atoms with Gasteiger partial charge in [0.15, 0.2) is 5.78 Å². The zero-order valence-electron chi connectivity index (χ0n) is 7.66. The van der Waals surface area contributed by atoms with Gasteiger partial charge in [0.25, 0.3) is 0 Å². The minimum atomic E-state index is -0.142. The predicted octanol–water partition coefficient (Wildman–Crippen LogP) is 2.62. The Kier molecular flexibility index (Phi) is 4.00. The summed E-state index contributed by atoms with van der Waals surface area (Å²) in [6.07, 6.45) is 1.36. The highest BCUT2D eigenvalue weighted by molar-refractivity contribution is 14.1. The zero-order chi connectivity index (χ0) is 10.6. The van der Waals surface area contributed by atoms with Gasteiger partial charge in [-0.3, -0.25) is 9.59 Å². The summed E-state index contributed by atoms with van der Waals surface area (Å²) < 4.78 is -0.142. The van der Waals surface area contributed by atoms with Crippen LogP contribution in [0.1, 0.15) is 12.5 Å². The molecule has 3 heteroatoms. The Morgan fingerprint density at radius 2 is 1.79 bits per heavy atom. The number of hydrogen-bond donors (Lipinski definition) is 0. The van der Waals surface area contributed by atoms with Gasteiger partial charge in [-0.1, -0.05) is 30.3 Å². The maximum Gasteiger partial charge on any atom is 0.215 e. The summed E-state index contributed by atoms with van der Waals surface area (Å²) in [6, 6.07) is 9.17. The number of carbonyl (C=O) groups is 2. The van der Waals surface area contributed by atoms with Crippen molar-refractivity contribution < 1.29 is 9.59 Å². The van der Waals surface area contributed by atoms with Crippen LogP contribution >= 0.6 is 22.6 Å². The molecular formula is C11H9IO2. The Labute approximate surface area is 96.2 Å². The van der Waals surface area contributed by atoms with E-state index in [1.807, 2.05) is 30.3 Å². The van der Waals surface area contributed by atoms with Crippen molar-refractivity contribution in [3.8, 4) is 0 Å². The number of halogens is 1. The molecule has 1 aromatic carbocycles. The third kappa shape index (κ3) is 3.06. The van der Waals surface area contributed by atoms with Gasteiger partial charge in [0, 0.05) is 34.2 Å². The van der Waals surface area contributed by atoms with E-state index < -0.39 is 0 Å². The first-order valence-electron chi connectivity index (χ1n) is 4.09. The number of hydrogen-bond acceptors (Lipinski definition) is 2. The van der Waals surface area contributed by atoms with Crippen molar-refractivity contribution in [2.75, 3.05) is 0 Å². The third-order valence-electron chi connectivity index (χ3n) is 1.72. The molecule has 0 bridgehead atoms. The van der Waals surface area contributed by atoms with Crippen molar-refractivity contribution in [2.45, 2.75) is 6.92 Å². The lowest BCUT2D eigenvalue weighted by Crippen LogP contribution is -1.97. The molecule has 0 unspecified atom stereocenters. The molecule has 0 aromatic heterocycles. The van der Waals surface area contributed by atoms with E-state index in [2.05, 4.69) is 0 Å². The monoisotopic (exact) mass is 300 g/mol. The van der Waals surface area contributed by atoms with E-state index in [1.165, 1.54) is 13.0 Å². The van der Waals surface area contributed by atoms with Crippen molar-refractivity contribution in [1.82, 2.24) is 0 Å². The van der Waals surface area contributed by atoms with Crippen molar-refractivity contribution in [3.05, 3.63) is 42.0 Å². The molecule has 0 aliphatic heterocycles. The van der Waals surface area contributed by atoms with Crippen LogP contribution in [0.15, 0.2) is 36.4 Å². The minimum Gasteiger partial charge on any atom is -0.294 e. The average Bonchev–Trinajstić information content (AvgIpc) is 2.15. The van der Waals surface area contributed by atoms with Gasteiger partial charge in [-0.2, -0.15) is 0 Å². The highest BCUT2D eigenvalue weighted by Crippen LogP contribution is 2.15. The fraction of sp³-hybridized carbons (Fsp3) is 0.0909. The van der Waals surface area contributed by atoms with Crippen LogP contribution in [0, 0.1) is 0 Å². The van der Waals surface area contributed by atoms with Gasteiger partial charge in [-0.05, 0) is 12.5 Å². The molecule has 0 spiro atoms. The standard InChI is InChI=1S/C11H9IO2/c1-8(13)10(7-11(12)14)9-5-3-2-4-6-9/h2-7H,1H3/b10-7+. The second-order valence-electron chi connectivity index (χ2n) is 2.78. The van der Waals surface area contributed by atoms with Gasteiger partial charge >= 0.3 is 0 Å². The van der Waals surface area contributed by atoms with Crippen LogP contribution in [-0.4, -0.2) is 9.57 Å². The van der Waals surface area contributed by atoms with Crippen molar-refractivity contribution in [1.29, 1.82) is 0 Å². The van der Waals surface area contributed by atoms with Crippen LogP contribution < -0.4 is 0 Å². The summed E-state index contributed by atoms with van der Waals surface area (Å²) in [5.74, 6) is -0.0961. The minimum absolute atomic E-state index is 0.0961. The Hall–Kier alpha value is -0.970. The summed E-state index contributed by atoms with van der Waals surface area (Å²) in [5, 5.41) is 0. The van der Waals surface area contributed by atoms with Crippen molar-refractivity contribution in [2.24, 2.45) is 0 Å². The van der Waals surface area contributed by atoms with Gasteiger partial charge in [-0.25, -0.2) is 0 Å². The quantitative estimate of drug-likeness (QED) is 0.488. The first-order chi connectivity index (χ1) is 6.61. The van der Waals surface area contributed by atoms with E-state index in [1.54, 1.807) is 22.6 Å². The fourth-order valence-corrected chi connectivity index (χ4v) is 1.43. The van der Waals surface area contributed by atoms with Gasteiger partial charge < -0.3 is 0 Å². The number of Topliss-reactive ketones (excluding diaryl/α,β-unsaturated/α-hetero) is 1. The zero-order valence-corrected chi connectivity index (χ0v) is 9.82. The van der Waals surface area contributed by atoms with E-state index in [9.17, 15) is 9.59 Å². The van der Waals surface area contributed by atoms with Crippen LogP contribution in [0.4, 0.5) is 0 Å². The molecule has 0 fully saturated rings. The second-order valence-corrected chi connectivity index (χ2v) is 3.85. The van der Waals surface area contributed by atoms with Crippen LogP contribution in [0.3, 0.4) is 0 Å². The molecule has 1 aromatic rings. The Morgan fingerprint density at radius 1 is 1.21 bits per heavy atom. The van der Waals surface area contributed by atoms with Gasteiger partial charge in [0.1, 0.15) is 0 Å². The van der Waals surface area contributed by atoms with Crippen LogP contribution in [0.5, 0.6) is 0 Å². The van der Waals surface area contributed by atoms with E-state index in [0.717, 1.165) is 5.56 Å². The number of benzene rings is 1. The predicted molar refractivity (Wildman–Crippen MR) is 64.1 cm³/mol. The third-order valence-corrected chi connectivity index (χ3v) is 2.03. The molecule has 2 nitrogen and oxygen atoms in total. The van der Waals surface area contributed by atoms with Crippen molar-refractivity contribution >= 4 is 37.7 Å². The van der Waals surface area contributed by atoms with Gasteiger partial charge in [0.2, 0.25) is 3.79 Å². The molecule has 0 aliphatic carbocycles.